The van der Waals surface area contributed by atoms with E-state index in [0.29, 0.717) is 5.95 Å². The maximum Gasteiger partial charge on any atom is 0.229 e. The molecule has 24 heavy (non-hydrogen) atoms. The molecule has 0 aliphatic heterocycles. The molecule has 0 saturated heterocycles. The van der Waals surface area contributed by atoms with Gasteiger partial charge in [0.05, 0.1) is 12.6 Å². The Kier molecular flexibility index (Phi) is 3.61. The number of benzene rings is 2. The first-order chi connectivity index (χ1) is 11.7. The highest BCUT2D eigenvalue weighted by atomic mass is 16.5. The largest absolute Gasteiger partial charge is 0.497 e. The Balaban J connectivity index is 1.65. The maximum absolute atomic E-state index is 11.9. The van der Waals surface area contributed by atoms with Crippen LogP contribution >= 0.6 is 0 Å². The Morgan fingerprint density at radius 1 is 1.12 bits per heavy atom. The van der Waals surface area contributed by atoms with E-state index in [4.69, 9.17) is 4.74 Å². The van der Waals surface area contributed by atoms with Crippen LogP contribution in [0.5, 0.6) is 5.75 Å². The van der Waals surface area contributed by atoms with Crippen LogP contribution in [0.1, 0.15) is 12.8 Å². The van der Waals surface area contributed by atoms with Gasteiger partial charge in [-0.25, -0.2) is 9.97 Å². The molecule has 120 valence electrons. The van der Waals surface area contributed by atoms with Gasteiger partial charge in [-0.2, -0.15) is 0 Å². The minimum atomic E-state index is 0.0145. The van der Waals surface area contributed by atoms with Crippen molar-refractivity contribution in [3.63, 3.8) is 0 Å². The van der Waals surface area contributed by atoms with Crippen LogP contribution in [0, 0.1) is 5.92 Å². The zero-order chi connectivity index (χ0) is 16.5. The number of ether oxygens (including phenoxy) is 1. The number of methoxy groups -OCH3 is 1. The lowest BCUT2D eigenvalue weighted by atomic mass is 10.0. The molecule has 0 unspecified atom stereocenters. The number of carbonyl (C=O) groups excluding carboxylic acids is 1. The summed E-state index contributed by atoms with van der Waals surface area (Å²) in [4.78, 5) is 20.6. The number of carbonyl (C=O) groups is 1. The zero-order valence-corrected chi connectivity index (χ0v) is 13.3. The predicted molar refractivity (Wildman–Crippen MR) is 92.9 cm³/mol. The first-order valence-electron chi connectivity index (χ1n) is 7.95. The third-order valence-corrected chi connectivity index (χ3v) is 4.19. The maximum atomic E-state index is 11.9. The van der Waals surface area contributed by atoms with E-state index in [2.05, 4.69) is 15.3 Å². The molecule has 2 aromatic carbocycles. The van der Waals surface area contributed by atoms with Crippen molar-refractivity contribution in [3.05, 3.63) is 48.7 Å². The summed E-state index contributed by atoms with van der Waals surface area (Å²) in [6, 6.07) is 13.9. The van der Waals surface area contributed by atoms with Crippen LogP contribution in [0.2, 0.25) is 0 Å². The molecule has 1 heterocycles. The van der Waals surface area contributed by atoms with Crippen LogP contribution in [0.15, 0.2) is 48.7 Å². The van der Waals surface area contributed by atoms with Crippen LogP contribution in [0.25, 0.3) is 22.0 Å². The molecule has 0 spiro atoms. The van der Waals surface area contributed by atoms with E-state index in [9.17, 15) is 4.79 Å². The van der Waals surface area contributed by atoms with Crippen molar-refractivity contribution in [2.75, 3.05) is 12.4 Å². The normalized spacial score (nSPS) is 13.7. The van der Waals surface area contributed by atoms with E-state index >= 15 is 0 Å². The van der Waals surface area contributed by atoms with Crippen molar-refractivity contribution in [1.82, 2.24) is 9.97 Å². The molecule has 1 aromatic heterocycles. The fraction of sp³-hybridized carbons (Fsp3) is 0.211. The first kappa shape index (κ1) is 14.6. The monoisotopic (exact) mass is 319 g/mol. The van der Waals surface area contributed by atoms with Gasteiger partial charge in [0.1, 0.15) is 5.75 Å². The number of hydrogen-bond donors (Lipinski definition) is 1. The van der Waals surface area contributed by atoms with Gasteiger partial charge in [-0.3, -0.25) is 10.1 Å². The highest BCUT2D eigenvalue weighted by molar-refractivity contribution is 5.93. The molecule has 1 amide bonds. The number of aromatic nitrogens is 2. The number of amides is 1. The van der Waals surface area contributed by atoms with E-state index in [0.717, 1.165) is 40.6 Å². The summed E-state index contributed by atoms with van der Waals surface area (Å²) in [7, 11) is 1.65. The second-order valence-corrected chi connectivity index (χ2v) is 5.96. The fourth-order valence-corrected chi connectivity index (χ4v) is 2.60. The molecule has 4 rings (SSSR count). The molecule has 1 saturated carbocycles. The van der Waals surface area contributed by atoms with E-state index in [1.54, 1.807) is 13.3 Å². The van der Waals surface area contributed by atoms with Gasteiger partial charge in [0.2, 0.25) is 11.9 Å². The Hall–Kier alpha value is -2.95. The lowest BCUT2D eigenvalue weighted by Gasteiger charge is -2.07. The number of fused-ring (bicyclic) bond motifs is 1. The minimum absolute atomic E-state index is 0.0145. The fourth-order valence-electron chi connectivity index (χ4n) is 2.60. The first-order valence-corrected chi connectivity index (χ1v) is 7.95. The SMILES string of the molecule is COc1ccc(-c2ccc3cnc(NC(=O)C4CC4)nc3c2)cc1. The van der Waals surface area contributed by atoms with Crippen LogP contribution in [0.3, 0.4) is 0 Å². The zero-order valence-electron chi connectivity index (χ0n) is 13.3. The van der Waals surface area contributed by atoms with E-state index in [-0.39, 0.29) is 11.8 Å². The van der Waals surface area contributed by atoms with Gasteiger partial charge >= 0.3 is 0 Å². The Bertz CT molecular complexity index is 902. The molecule has 3 aromatic rings. The standard InChI is InChI=1S/C19H17N3O2/c1-24-16-8-6-12(7-9-16)14-4-5-15-11-20-19(21-17(15)10-14)22-18(23)13-2-3-13/h4-11,13H,2-3H2,1H3,(H,20,21,22,23). The van der Waals surface area contributed by atoms with Gasteiger partial charge in [-0.05, 0) is 42.2 Å². The molecule has 0 bridgehead atoms. The predicted octanol–water partition coefficient (Wildman–Crippen LogP) is 3.65. The topological polar surface area (TPSA) is 64.1 Å². The van der Waals surface area contributed by atoms with Crippen molar-refractivity contribution in [2.45, 2.75) is 12.8 Å². The summed E-state index contributed by atoms with van der Waals surface area (Å²) in [6.07, 6.45) is 3.66. The molecule has 5 nitrogen and oxygen atoms in total. The molecule has 1 aliphatic rings. The average molecular weight is 319 g/mol. The molecular weight excluding hydrogens is 302 g/mol. The van der Waals surface area contributed by atoms with Crippen molar-refractivity contribution in [3.8, 4) is 16.9 Å². The minimum Gasteiger partial charge on any atom is -0.497 e. The van der Waals surface area contributed by atoms with Crippen LogP contribution in [-0.2, 0) is 4.79 Å². The summed E-state index contributed by atoms with van der Waals surface area (Å²) < 4.78 is 5.19. The highest BCUT2D eigenvalue weighted by Crippen LogP contribution is 2.30. The van der Waals surface area contributed by atoms with Crippen molar-refractivity contribution in [1.29, 1.82) is 0 Å². The summed E-state index contributed by atoms with van der Waals surface area (Å²) in [6.45, 7) is 0. The van der Waals surface area contributed by atoms with Crippen LogP contribution in [0.4, 0.5) is 5.95 Å². The van der Waals surface area contributed by atoms with Gasteiger partial charge in [0, 0.05) is 17.5 Å². The van der Waals surface area contributed by atoms with Crippen molar-refractivity contribution >= 4 is 22.8 Å². The second kappa shape index (κ2) is 5.92. The van der Waals surface area contributed by atoms with Crippen LogP contribution in [-0.4, -0.2) is 23.0 Å². The van der Waals surface area contributed by atoms with E-state index in [1.165, 1.54) is 0 Å². The van der Waals surface area contributed by atoms with E-state index in [1.807, 2.05) is 42.5 Å². The lowest BCUT2D eigenvalue weighted by molar-refractivity contribution is -0.117. The number of rotatable bonds is 4. The Labute approximate surface area is 139 Å². The lowest BCUT2D eigenvalue weighted by Crippen LogP contribution is -2.15. The molecule has 1 aliphatic carbocycles. The van der Waals surface area contributed by atoms with Gasteiger partial charge < -0.3 is 4.74 Å². The molecule has 5 heteroatoms. The van der Waals surface area contributed by atoms with Crippen molar-refractivity contribution < 1.29 is 9.53 Å². The molecular formula is C19H17N3O2. The van der Waals surface area contributed by atoms with Gasteiger partial charge in [-0.15, -0.1) is 0 Å². The third kappa shape index (κ3) is 2.93. The summed E-state index contributed by atoms with van der Waals surface area (Å²) >= 11 is 0. The summed E-state index contributed by atoms with van der Waals surface area (Å²) in [5, 5.41) is 3.73. The van der Waals surface area contributed by atoms with E-state index < -0.39 is 0 Å². The third-order valence-electron chi connectivity index (χ3n) is 4.19. The Morgan fingerprint density at radius 2 is 1.88 bits per heavy atom. The van der Waals surface area contributed by atoms with Crippen LogP contribution < -0.4 is 10.1 Å². The summed E-state index contributed by atoms with van der Waals surface area (Å²) in [5.41, 5.74) is 2.95. The van der Waals surface area contributed by atoms with Crippen molar-refractivity contribution in [2.24, 2.45) is 5.92 Å². The Morgan fingerprint density at radius 3 is 2.58 bits per heavy atom. The molecule has 0 atom stereocenters. The number of nitrogens with zero attached hydrogens (tertiary/aromatic N) is 2. The smallest absolute Gasteiger partial charge is 0.229 e. The molecule has 1 N–H and O–H groups in total. The van der Waals surface area contributed by atoms with Gasteiger partial charge in [-0.1, -0.05) is 24.3 Å². The quantitative estimate of drug-likeness (QED) is 0.797. The molecule has 0 radical (unpaired) electrons. The number of anilines is 1. The second-order valence-electron chi connectivity index (χ2n) is 5.96. The summed E-state index contributed by atoms with van der Waals surface area (Å²) in [5.74, 6) is 1.34. The average Bonchev–Trinajstić information content (AvgIpc) is 3.46. The van der Waals surface area contributed by atoms with Gasteiger partial charge in [0.15, 0.2) is 0 Å². The highest BCUT2D eigenvalue weighted by Gasteiger charge is 2.30. The number of nitrogens with one attached hydrogen (secondary N) is 1. The number of hydrogen-bond acceptors (Lipinski definition) is 4. The van der Waals surface area contributed by atoms with Gasteiger partial charge in [0.25, 0.3) is 0 Å². The molecule has 1 fully saturated rings.